The van der Waals surface area contributed by atoms with E-state index < -0.39 is 5.82 Å². The van der Waals surface area contributed by atoms with Crippen LogP contribution >= 0.6 is 0 Å². The van der Waals surface area contributed by atoms with Gasteiger partial charge in [-0.15, -0.1) is 0 Å². The van der Waals surface area contributed by atoms with Crippen LogP contribution in [0.1, 0.15) is 19.3 Å². The van der Waals surface area contributed by atoms with Crippen molar-refractivity contribution >= 4 is 11.6 Å². The maximum Gasteiger partial charge on any atom is 0.224 e. The van der Waals surface area contributed by atoms with E-state index in [-0.39, 0.29) is 11.7 Å². The molecule has 1 atom stereocenters. The Morgan fingerprint density at radius 3 is 3.00 bits per heavy atom. The number of carbonyl (C=O) groups is 1. The Morgan fingerprint density at radius 2 is 2.39 bits per heavy atom. The summed E-state index contributed by atoms with van der Waals surface area (Å²) in [5, 5.41) is 2.69. The van der Waals surface area contributed by atoms with E-state index in [4.69, 9.17) is 4.74 Å². The largest absolute Gasteiger partial charge is 0.494 e. The van der Waals surface area contributed by atoms with Crippen LogP contribution in [0.5, 0.6) is 5.75 Å². The summed E-state index contributed by atoms with van der Waals surface area (Å²) >= 11 is 0. The average molecular weight is 249 g/mol. The Morgan fingerprint density at radius 1 is 1.56 bits per heavy atom. The zero-order valence-electron chi connectivity index (χ0n) is 10.3. The van der Waals surface area contributed by atoms with Crippen molar-refractivity contribution in [1.29, 1.82) is 0 Å². The van der Waals surface area contributed by atoms with Crippen LogP contribution in [0, 0.1) is 11.7 Å². The first-order valence-corrected chi connectivity index (χ1v) is 5.99. The summed E-state index contributed by atoms with van der Waals surface area (Å²) in [4.78, 5) is 11.7. The third kappa shape index (κ3) is 3.09. The third-order valence-corrected chi connectivity index (χ3v) is 3.00. The molecule has 18 heavy (non-hydrogen) atoms. The number of hydrogen-bond donors (Lipinski definition) is 1. The van der Waals surface area contributed by atoms with E-state index in [1.807, 2.05) is 0 Å². The molecule has 3 nitrogen and oxygen atoms in total. The normalized spacial score (nSPS) is 17.8. The fourth-order valence-corrected chi connectivity index (χ4v) is 2.06. The number of allylic oxidation sites excluding steroid dienone is 2. The predicted octanol–water partition coefficient (Wildman–Crippen LogP) is 3.13. The van der Waals surface area contributed by atoms with Crippen LogP contribution in [-0.4, -0.2) is 13.0 Å². The highest BCUT2D eigenvalue weighted by Crippen LogP contribution is 2.23. The van der Waals surface area contributed by atoms with Crippen LogP contribution in [0.3, 0.4) is 0 Å². The summed E-state index contributed by atoms with van der Waals surface area (Å²) < 4.78 is 18.2. The average Bonchev–Trinajstić information content (AvgIpc) is 2.82. The lowest BCUT2D eigenvalue weighted by Gasteiger charge is -2.09. The van der Waals surface area contributed by atoms with Gasteiger partial charge < -0.3 is 10.1 Å². The maximum atomic E-state index is 13.4. The van der Waals surface area contributed by atoms with Crippen molar-refractivity contribution in [3.63, 3.8) is 0 Å². The molecule has 0 radical (unpaired) electrons. The van der Waals surface area contributed by atoms with Gasteiger partial charge in [0.25, 0.3) is 0 Å². The first-order valence-electron chi connectivity index (χ1n) is 5.99. The van der Waals surface area contributed by atoms with Crippen molar-refractivity contribution in [3.8, 4) is 5.75 Å². The smallest absolute Gasteiger partial charge is 0.224 e. The van der Waals surface area contributed by atoms with Crippen LogP contribution < -0.4 is 10.1 Å². The molecule has 4 heteroatoms. The number of halogens is 1. The highest BCUT2D eigenvalue weighted by molar-refractivity contribution is 5.91. The zero-order valence-corrected chi connectivity index (χ0v) is 10.3. The molecule has 0 heterocycles. The lowest BCUT2D eigenvalue weighted by Crippen LogP contribution is -2.14. The first kappa shape index (κ1) is 12.6. The number of nitrogens with one attached hydrogen (secondary N) is 1. The highest BCUT2D eigenvalue weighted by atomic mass is 19.1. The molecular formula is C14H16FNO2. The van der Waals surface area contributed by atoms with Gasteiger partial charge >= 0.3 is 0 Å². The second kappa shape index (κ2) is 5.67. The molecule has 0 bridgehead atoms. The minimum absolute atomic E-state index is 0.0869. The van der Waals surface area contributed by atoms with Crippen molar-refractivity contribution in [2.24, 2.45) is 5.92 Å². The van der Waals surface area contributed by atoms with Crippen molar-refractivity contribution in [3.05, 3.63) is 36.2 Å². The van der Waals surface area contributed by atoms with E-state index in [9.17, 15) is 9.18 Å². The number of ether oxygens (including phenoxy) is 1. The molecule has 0 fully saturated rings. The molecule has 1 aromatic rings. The summed E-state index contributed by atoms with van der Waals surface area (Å²) in [6.07, 6.45) is 6.66. The van der Waals surface area contributed by atoms with Crippen molar-refractivity contribution in [1.82, 2.24) is 0 Å². The number of rotatable bonds is 4. The van der Waals surface area contributed by atoms with Gasteiger partial charge in [0.2, 0.25) is 5.91 Å². The maximum absolute atomic E-state index is 13.4. The van der Waals surface area contributed by atoms with Gasteiger partial charge in [-0.3, -0.25) is 4.79 Å². The second-order valence-electron chi connectivity index (χ2n) is 4.37. The molecule has 0 aromatic heterocycles. The standard InChI is InChI=1S/C14H16FNO2/c1-18-13-7-6-11(9-12(13)15)16-14(17)8-10-4-2-3-5-10/h2,4,6-7,9-10H,3,5,8H2,1H3,(H,16,17). The number of benzene rings is 1. The Balaban J connectivity index is 1.94. The summed E-state index contributed by atoms with van der Waals surface area (Å²) in [6.45, 7) is 0. The number of amides is 1. The van der Waals surface area contributed by atoms with Gasteiger partial charge in [-0.05, 0) is 30.9 Å². The molecule has 1 unspecified atom stereocenters. The second-order valence-corrected chi connectivity index (χ2v) is 4.37. The lowest BCUT2D eigenvalue weighted by molar-refractivity contribution is -0.116. The van der Waals surface area contributed by atoms with Gasteiger partial charge in [0, 0.05) is 18.2 Å². The number of hydrogen-bond acceptors (Lipinski definition) is 2. The van der Waals surface area contributed by atoms with Gasteiger partial charge in [0.05, 0.1) is 7.11 Å². The minimum atomic E-state index is -0.476. The fraction of sp³-hybridized carbons (Fsp3) is 0.357. The zero-order chi connectivity index (χ0) is 13.0. The van der Waals surface area contributed by atoms with Crippen molar-refractivity contribution in [2.75, 3.05) is 12.4 Å². The molecular weight excluding hydrogens is 233 g/mol. The minimum Gasteiger partial charge on any atom is -0.494 e. The quantitative estimate of drug-likeness (QED) is 0.832. The summed E-state index contributed by atoms with van der Waals surface area (Å²) in [5.74, 6) is -0.0769. The van der Waals surface area contributed by atoms with E-state index in [0.717, 1.165) is 12.8 Å². The first-order chi connectivity index (χ1) is 8.69. The Kier molecular flexibility index (Phi) is 3.97. The van der Waals surface area contributed by atoms with Gasteiger partial charge in [-0.2, -0.15) is 0 Å². The molecule has 1 aliphatic rings. The molecule has 96 valence electrons. The third-order valence-electron chi connectivity index (χ3n) is 3.00. The van der Waals surface area contributed by atoms with Crippen LogP contribution in [0.25, 0.3) is 0 Å². The van der Waals surface area contributed by atoms with E-state index in [2.05, 4.69) is 17.5 Å². The molecule has 0 spiro atoms. The Labute approximate surface area is 106 Å². The molecule has 0 aliphatic heterocycles. The number of methoxy groups -OCH3 is 1. The van der Waals surface area contributed by atoms with E-state index in [1.165, 1.54) is 19.2 Å². The molecule has 1 aromatic carbocycles. The van der Waals surface area contributed by atoms with Gasteiger partial charge in [0.1, 0.15) is 0 Å². The molecule has 0 saturated heterocycles. The summed E-state index contributed by atoms with van der Waals surface area (Å²) in [7, 11) is 1.41. The monoisotopic (exact) mass is 249 g/mol. The van der Waals surface area contributed by atoms with Crippen molar-refractivity contribution in [2.45, 2.75) is 19.3 Å². The molecule has 1 amide bonds. The molecule has 0 saturated carbocycles. The lowest BCUT2D eigenvalue weighted by atomic mass is 10.1. The fourth-order valence-electron chi connectivity index (χ4n) is 2.06. The van der Waals surface area contributed by atoms with E-state index in [1.54, 1.807) is 6.07 Å². The van der Waals surface area contributed by atoms with Gasteiger partial charge in [-0.1, -0.05) is 12.2 Å². The Bertz CT molecular complexity index is 471. The van der Waals surface area contributed by atoms with Crippen molar-refractivity contribution < 1.29 is 13.9 Å². The van der Waals surface area contributed by atoms with Crippen LogP contribution in [0.15, 0.2) is 30.4 Å². The van der Waals surface area contributed by atoms with Gasteiger partial charge in [0.15, 0.2) is 11.6 Å². The topological polar surface area (TPSA) is 38.3 Å². The summed E-state index contributed by atoms with van der Waals surface area (Å²) in [6, 6.07) is 4.39. The number of carbonyl (C=O) groups excluding carboxylic acids is 1. The SMILES string of the molecule is COc1ccc(NC(=O)CC2C=CCC2)cc1F. The predicted molar refractivity (Wildman–Crippen MR) is 68.1 cm³/mol. The molecule has 1 aliphatic carbocycles. The Hall–Kier alpha value is -1.84. The van der Waals surface area contributed by atoms with Gasteiger partial charge in [-0.25, -0.2) is 4.39 Å². The molecule has 2 rings (SSSR count). The van der Waals surface area contributed by atoms with Crippen LogP contribution in [-0.2, 0) is 4.79 Å². The van der Waals surface area contributed by atoms with Crippen LogP contribution in [0.4, 0.5) is 10.1 Å². The van der Waals surface area contributed by atoms with E-state index in [0.29, 0.717) is 18.0 Å². The van der Waals surface area contributed by atoms with E-state index >= 15 is 0 Å². The summed E-state index contributed by atoms with van der Waals surface area (Å²) in [5.41, 5.74) is 0.459. The van der Waals surface area contributed by atoms with Crippen LogP contribution in [0.2, 0.25) is 0 Å². The number of anilines is 1. The molecule has 1 N–H and O–H groups in total. The highest BCUT2D eigenvalue weighted by Gasteiger charge is 2.14.